The van der Waals surface area contributed by atoms with Gasteiger partial charge in [-0.3, -0.25) is 0 Å². The van der Waals surface area contributed by atoms with Crippen LogP contribution < -0.4 is 0 Å². The van der Waals surface area contributed by atoms with Crippen molar-refractivity contribution in [3.05, 3.63) is 11.6 Å². The summed E-state index contributed by atoms with van der Waals surface area (Å²) in [4.78, 5) is 0. The zero-order valence-corrected chi connectivity index (χ0v) is 6.24. The van der Waals surface area contributed by atoms with Crippen molar-refractivity contribution in [3.63, 3.8) is 0 Å². The molecule has 11 heavy (non-hydrogen) atoms. The molecule has 0 fully saturated rings. The third-order valence-corrected chi connectivity index (χ3v) is 0.926. The molecule has 0 bridgehead atoms. The number of halogens is 3. The number of hydrogen-bond acceptors (Lipinski definition) is 1. The lowest BCUT2D eigenvalue weighted by molar-refractivity contribution is -0.0877. The highest BCUT2D eigenvalue weighted by Crippen LogP contribution is 2.25. The predicted octanol–water partition coefficient (Wildman–Crippen LogP) is 2.65. The third kappa shape index (κ3) is 3.66. The van der Waals surface area contributed by atoms with Gasteiger partial charge in [-0.05, 0) is 5.92 Å². The topological polar surface area (TPSA) is 23.8 Å². The first-order chi connectivity index (χ1) is 4.88. The van der Waals surface area contributed by atoms with E-state index in [9.17, 15) is 13.2 Å². The van der Waals surface area contributed by atoms with E-state index in [-0.39, 0.29) is 5.92 Å². The lowest BCUT2D eigenvalue weighted by Crippen LogP contribution is -2.10. The minimum atomic E-state index is -4.50. The van der Waals surface area contributed by atoms with Gasteiger partial charge in [0, 0.05) is 0 Å². The van der Waals surface area contributed by atoms with Gasteiger partial charge >= 0.3 is 6.18 Å². The van der Waals surface area contributed by atoms with E-state index in [0.29, 0.717) is 0 Å². The molecule has 0 rings (SSSR count). The highest BCUT2D eigenvalue weighted by atomic mass is 19.4. The lowest BCUT2D eigenvalue weighted by atomic mass is 10.1. The molecule has 0 heterocycles. The van der Waals surface area contributed by atoms with Gasteiger partial charge in [0.25, 0.3) is 0 Å². The van der Waals surface area contributed by atoms with E-state index in [1.54, 1.807) is 13.8 Å². The summed E-state index contributed by atoms with van der Waals surface area (Å²) in [5, 5.41) is 8.07. The quantitative estimate of drug-likeness (QED) is 0.545. The molecule has 0 aliphatic heterocycles. The maximum atomic E-state index is 11.8. The summed E-state index contributed by atoms with van der Waals surface area (Å²) in [7, 11) is 0. The van der Waals surface area contributed by atoms with E-state index in [1.165, 1.54) is 0 Å². The fourth-order valence-corrected chi connectivity index (χ4v) is 0.528. The van der Waals surface area contributed by atoms with Gasteiger partial charge in [0.15, 0.2) is 0 Å². The first-order valence-electron chi connectivity index (χ1n) is 3.07. The van der Waals surface area contributed by atoms with Crippen molar-refractivity contribution in [3.8, 4) is 6.07 Å². The van der Waals surface area contributed by atoms with Gasteiger partial charge in [0.05, 0.1) is 0 Å². The number of allylic oxidation sites excluding steroid dienone is 2. The number of nitrogens with zero attached hydrogens (tertiary/aromatic N) is 1. The third-order valence-electron chi connectivity index (χ3n) is 0.926. The largest absolute Gasteiger partial charge is 0.425 e. The average Bonchev–Trinajstić information content (AvgIpc) is 1.79. The molecule has 0 spiro atoms. The van der Waals surface area contributed by atoms with Crippen LogP contribution >= 0.6 is 0 Å². The smallest absolute Gasteiger partial charge is 0.192 e. The van der Waals surface area contributed by atoms with Gasteiger partial charge < -0.3 is 0 Å². The Hall–Kier alpha value is -0.980. The summed E-state index contributed by atoms with van der Waals surface area (Å²) in [6.45, 7) is 3.17. The van der Waals surface area contributed by atoms with Crippen LogP contribution in [0.4, 0.5) is 13.2 Å². The molecule has 62 valence electrons. The molecule has 4 heteroatoms. The van der Waals surface area contributed by atoms with Crippen molar-refractivity contribution in [2.45, 2.75) is 20.0 Å². The normalized spacial score (nSPS) is 13.4. The van der Waals surface area contributed by atoms with Crippen LogP contribution in [-0.4, -0.2) is 6.18 Å². The Balaban J connectivity index is 4.58. The van der Waals surface area contributed by atoms with Crippen molar-refractivity contribution >= 4 is 0 Å². The molecule has 0 aromatic carbocycles. The Morgan fingerprint density at radius 3 is 2.00 bits per heavy atom. The van der Waals surface area contributed by atoms with Crippen molar-refractivity contribution in [1.29, 1.82) is 5.26 Å². The second-order valence-corrected chi connectivity index (χ2v) is 2.43. The summed E-state index contributed by atoms with van der Waals surface area (Å²) in [6, 6.07) is 1.11. The molecule has 0 amide bonds. The molecule has 0 radical (unpaired) electrons. The first kappa shape index (κ1) is 10.0. The molecule has 0 aliphatic carbocycles. The van der Waals surface area contributed by atoms with E-state index in [0.717, 1.165) is 12.1 Å². The maximum Gasteiger partial charge on any atom is 0.425 e. The van der Waals surface area contributed by atoms with E-state index in [1.807, 2.05) is 0 Å². The minimum absolute atomic E-state index is 0.258. The molecule has 0 aliphatic rings. The maximum absolute atomic E-state index is 11.8. The van der Waals surface area contributed by atoms with Crippen LogP contribution in [0.3, 0.4) is 0 Å². The summed E-state index contributed by atoms with van der Waals surface area (Å²) in [5.74, 6) is -0.258. The molecule has 1 nitrogen and oxygen atoms in total. The Labute approximate surface area is 63.1 Å². The van der Waals surface area contributed by atoms with E-state index < -0.39 is 11.7 Å². The molecular weight excluding hydrogens is 155 g/mol. The van der Waals surface area contributed by atoms with E-state index >= 15 is 0 Å². The SMILES string of the molecule is CC(C)/C=C(\C#N)C(F)(F)F. The number of nitriles is 1. The Morgan fingerprint density at radius 2 is 1.91 bits per heavy atom. The van der Waals surface area contributed by atoms with Crippen molar-refractivity contribution in [1.82, 2.24) is 0 Å². The molecule has 0 unspecified atom stereocenters. The van der Waals surface area contributed by atoms with Gasteiger partial charge in [0.1, 0.15) is 11.6 Å². The molecular formula is C7H8F3N. The van der Waals surface area contributed by atoms with Crippen LogP contribution in [0.5, 0.6) is 0 Å². The van der Waals surface area contributed by atoms with Crippen molar-refractivity contribution < 1.29 is 13.2 Å². The van der Waals surface area contributed by atoms with E-state index in [2.05, 4.69) is 0 Å². The average molecular weight is 163 g/mol. The van der Waals surface area contributed by atoms with Crippen LogP contribution in [0.1, 0.15) is 13.8 Å². The highest BCUT2D eigenvalue weighted by Gasteiger charge is 2.33. The number of alkyl halides is 3. The van der Waals surface area contributed by atoms with Crippen LogP contribution in [0.25, 0.3) is 0 Å². The minimum Gasteiger partial charge on any atom is -0.192 e. The highest BCUT2D eigenvalue weighted by molar-refractivity contribution is 5.26. The van der Waals surface area contributed by atoms with Crippen LogP contribution in [0.2, 0.25) is 0 Å². The van der Waals surface area contributed by atoms with Crippen LogP contribution in [0.15, 0.2) is 11.6 Å². The van der Waals surface area contributed by atoms with Gasteiger partial charge in [-0.2, -0.15) is 18.4 Å². The molecule has 0 saturated heterocycles. The van der Waals surface area contributed by atoms with Gasteiger partial charge in [0.2, 0.25) is 0 Å². The lowest BCUT2D eigenvalue weighted by Gasteiger charge is -2.04. The summed E-state index contributed by atoms with van der Waals surface area (Å²) in [6.07, 6.45) is -3.60. The molecule has 0 atom stereocenters. The Kier molecular flexibility index (Phi) is 3.12. The second kappa shape index (κ2) is 3.42. The fourth-order valence-electron chi connectivity index (χ4n) is 0.528. The first-order valence-corrected chi connectivity index (χ1v) is 3.07. The fraction of sp³-hybridized carbons (Fsp3) is 0.571. The molecule has 0 saturated carbocycles. The van der Waals surface area contributed by atoms with Gasteiger partial charge in [-0.15, -0.1) is 0 Å². The van der Waals surface area contributed by atoms with Gasteiger partial charge in [-0.25, -0.2) is 0 Å². The van der Waals surface area contributed by atoms with Crippen LogP contribution in [-0.2, 0) is 0 Å². The summed E-state index contributed by atoms with van der Waals surface area (Å²) >= 11 is 0. The zero-order valence-electron chi connectivity index (χ0n) is 6.24. The Bertz CT molecular complexity index is 195. The van der Waals surface area contributed by atoms with Gasteiger partial charge in [-0.1, -0.05) is 19.9 Å². The van der Waals surface area contributed by atoms with Crippen LogP contribution in [0, 0.1) is 17.2 Å². The van der Waals surface area contributed by atoms with E-state index in [4.69, 9.17) is 5.26 Å². The predicted molar refractivity (Wildman–Crippen MR) is 34.6 cm³/mol. The monoisotopic (exact) mass is 163 g/mol. The second-order valence-electron chi connectivity index (χ2n) is 2.43. The Morgan fingerprint density at radius 1 is 1.45 bits per heavy atom. The summed E-state index contributed by atoms with van der Waals surface area (Å²) in [5.41, 5.74) is -1.12. The molecule has 0 aromatic rings. The standard InChI is InChI=1S/C7H8F3N/c1-5(2)3-6(4-11)7(8,9)10/h3,5H,1-2H3/b6-3+. The zero-order chi connectivity index (χ0) is 9.07. The summed E-state index contributed by atoms with van der Waals surface area (Å²) < 4.78 is 35.4. The number of rotatable bonds is 1. The molecule has 0 aromatic heterocycles. The van der Waals surface area contributed by atoms with Crippen molar-refractivity contribution in [2.24, 2.45) is 5.92 Å². The molecule has 0 N–H and O–H groups in total. The number of hydrogen-bond donors (Lipinski definition) is 0. The van der Waals surface area contributed by atoms with Crippen molar-refractivity contribution in [2.75, 3.05) is 0 Å².